The molecule has 0 unspecified atom stereocenters. The van der Waals surface area contributed by atoms with E-state index in [1.807, 2.05) is 30.3 Å². The average molecular weight is 275 g/mol. The van der Waals surface area contributed by atoms with Crippen LogP contribution in [0.25, 0.3) is 5.65 Å². The molecule has 0 spiro atoms. The van der Waals surface area contributed by atoms with Crippen molar-refractivity contribution in [1.29, 1.82) is 0 Å². The number of nitrogens with zero attached hydrogens (tertiary/aromatic N) is 4. The number of benzene rings is 1. The predicted octanol–water partition coefficient (Wildman–Crippen LogP) is 2.67. The van der Waals surface area contributed by atoms with Crippen molar-refractivity contribution in [1.82, 2.24) is 19.8 Å². The highest BCUT2D eigenvalue weighted by atomic mass is 19.3. The van der Waals surface area contributed by atoms with Crippen LogP contribution in [0.3, 0.4) is 0 Å². The van der Waals surface area contributed by atoms with Crippen molar-refractivity contribution in [2.45, 2.75) is 13.0 Å². The lowest BCUT2D eigenvalue weighted by molar-refractivity contribution is 0.137. The number of hydrogen-bond acceptors (Lipinski definition) is 4. The Hall–Kier alpha value is -2.57. The Kier molecular flexibility index (Phi) is 3.24. The van der Waals surface area contributed by atoms with Gasteiger partial charge >= 0.3 is 0 Å². The number of anilines is 1. The van der Waals surface area contributed by atoms with E-state index in [1.165, 1.54) is 0 Å². The van der Waals surface area contributed by atoms with Gasteiger partial charge in [-0.3, -0.25) is 0 Å². The zero-order valence-electron chi connectivity index (χ0n) is 10.4. The molecule has 0 atom stereocenters. The number of hydrogen-bond donors (Lipinski definition) is 1. The van der Waals surface area contributed by atoms with Crippen molar-refractivity contribution >= 4 is 11.5 Å². The molecule has 0 amide bonds. The van der Waals surface area contributed by atoms with Crippen LogP contribution in [0, 0.1) is 0 Å². The summed E-state index contributed by atoms with van der Waals surface area (Å²) in [5.41, 5.74) is 1.37. The minimum absolute atomic E-state index is 0.297. The van der Waals surface area contributed by atoms with Crippen LogP contribution in [0.2, 0.25) is 0 Å². The third kappa shape index (κ3) is 2.42. The van der Waals surface area contributed by atoms with E-state index < -0.39 is 12.2 Å². The minimum Gasteiger partial charge on any atom is -0.365 e. The van der Waals surface area contributed by atoms with Gasteiger partial charge in [-0.25, -0.2) is 8.78 Å². The van der Waals surface area contributed by atoms with Crippen molar-refractivity contribution in [2.24, 2.45) is 0 Å². The third-order valence-electron chi connectivity index (χ3n) is 2.80. The molecule has 0 fully saturated rings. The molecule has 3 aromatic rings. The van der Waals surface area contributed by atoms with Crippen LogP contribution < -0.4 is 5.32 Å². The molecule has 1 aromatic carbocycles. The first-order valence-electron chi connectivity index (χ1n) is 6.02. The predicted molar refractivity (Wildman–Crippen MR) is 69.5 cm³/mol. The lowest BCUT2D eigenvalue weighted by Crippen LogP contribution is -2.06. The molecule has 102 valence electrons. The van der Waals surface area contributed by atoms with Gasteiger partial charge in [-0.05, 0) is 17.7 Å². The summed E-state index contributed by atoms with van der Waals surface area (Å²) in [7, 11) is 0. The molecule has 1 N–H and O–H groups in total. The second-order valence-electron chi connectivity index (χ2n) is 4.19. The van der Waals surface area contributed by atoms with Crippen molar-refractivity contribution < 1.29 is 8.78 Å². The van der Waals surface area contributed by atoms with E-state index in [0.29, 0.717) is 18.0 Å². The summed E-state index contributed by atoms with van der Waals surface area (Å²) in [4.78, 5) is 0. The maximum atomic E-state index is 12.7. The number of alkyl halides is 2. The highest BCUT2D eigenvalue weighted by Gasteiger charge is 2.16. The molecule has 2 aromatic heterocycles. The molecule has 0 saturated carbocycles. The van der Waals surface area contributed by atoms with E-state index in [0.717, 1.165) is 10.1 Å². The maximum absolute atomic E-state index is 12.7. The monoisotopic (exact) mass is 275 g/mol. The third-order valence-corrected chi connectivity index (χ3v) is 2.80. The average Bonchev–Trinajstić information content (AvgIpc) is 2.89. The van der Waals surface area contributed by atoms with E-state index in [9.17, 15) is 8.78 Å². The van der Waals surface area contributed by atoms with Gasteiger partial charge in [-0.2, -0.15) is 4.52 Å². The molecule has 2 heterocycles. The van der Waals surface area contributed by atoms with Crippen molar-refractivity contribution in [3.05, 3.63) is 53.9 Å². The molecule has 0 saturated heterocycles. The van der Waals surface area contributed by atoms with Gasteiger partial charge in [-0.1, -0.05) is 30.3 Å². The van der Waals surface area contributed by atoms with Gasteiger partial charge < -0.3 is 5.32 Å². The molecule has 7 heteroatoms. The number of aromatic nitrogens is 4. The standard InChI is InChI=1S/C13H11F2N5/c14-12(15)13-18-17-11-7-6-10(19-20(11)13)16-8-9-4-2-1-3-5-9/h1-7,12H,8H2,(H,16,19). The molecule has 0 radical (unpaired) electrons. The van der Waals surface area contributed by atoms with Crippen molar-refractivity contribution in [2.75, 3.05) is 5.32 Å². The summed E-state index contributed by atoms with van der Waals surface area (Å²) < 4.78 is 26.5. The summed E-state index contributed by atoms with van der Waals surface area (Å²) in [5, 5.41) is 14.2. The van der Waals surface area contributed by atoms with E-state index in [-0.39, 0.29) is 0 Å². The van der Waals surface area contributed by atoms with Gasteiger partial charge in [0, 0.05) is 6.54 Å². The highest BCUT2D eigenvalue weighted by Crippen LogP contribution is 2.17. The van der Waals surface area contributed by atoms with Crippen LogP contribution in [0.15, 0.2) is 42.5 Å². The fourth-order valence-electron chi connectivity index (χ4n) is 1.82. The molecule has 5 nitrogen and oxygen atoms in total. The normalized spacial score (nSPS) is 11.2. The van der Waals surface area contributed by atoms with E-state index in [1.54, 1.807) is 12.1 Å². The molecule has 0 aliphatic carbocycles. The van der Waals surface area contributed by atoms with E-state index in [2.05, 4.69) is 20.6 Å². The molecule has 3 rings (SSSR count). The van der Waals surface area contributed by atoms with Gasteiger partial charge in [0.05, 0.1) is 0 Å². The molecular weight excluding hydrogens is 264 g/mol. The molecule has 0 bridgehead atoms. The largest absolute Gasteiger partial charge is 0.365 e. The van der Waals surface area contributed by atoms with Crippen molar-refractivity contribution in [3.8, 4) is 0 Å². The lowest BCUT2D eigenvalue weighted by atomic mass is 10.2. The number of fused-ring (bicyclic) bond motifs is 1. The minimum atomic E-state index is -2.71. The van der Waals surface area contributed by atoms with Crippen LogP contribution in [0.4, 0.5) is 14.6 Å². The Morgan fingerprint density at radius 2 is 1.85 bits per heavy atom. The lowest BCUT2D eigenvalue weighted by Gasteiger charge is -2.06. The summed E-state index contributed by atoms with van der Waals surface area (Å²) in [5.74, 6) is 0.0337. The van der Waals surface area contributed by atoms with Crippen LogP contribution in [0.5, 0.6) is 0 Å². The fourth-order valence-corrected chi connectivity index (χ4v) is 1.82. The van der Waals surface area contributed by atoms with Gasteiger partial charge in [0.1, 0.15) is 5.82 Å². The van der Waals surface area contributed by atoms with Gasteiger partial charge in [-0.15, -0.1) is 15.3 Å². The summed E-state index contributed by atoms with van der Waals surface area (Å²) >= 11 is 0. The summed E-state index contributed by atoms with van der Waals surface area (Å²) in [6.45, 7) is 0.561. The number of halogens is 2. The first-order chi connectivity index (χ1) is 9.74. The van der Waals surface area contributed by atoms with Gasteiger partial charge in [0.15, 0.2) is 5.65 Å². The van der Waals surface area contributed by atoms with Gasteiger partial charge in [0.2, 0.25) is 5.82 Å². The van der Waals surface area contributed by atoms with Crippen LogP contribution in [0.1, 0.15) is 17.8 Å². The Balaban J connectivity index is 1.83. The molecule has 0 aliphatic heterocycles. The topological polar surface area (TPSA) is 55.1 Å². The Labute approximate surface area is 113 Å². The molecule has 0 aliphatic rings. The Bertz CT molecular complexity index is 711. The fraction of sp³-hybridized carbons (Fsp3) is 0.154. The summed E-state index contributed by atoms with van der Waals surface area (Å²) in [6, 6.07) is 13.0. The quantitative estimate of drug-likeness (QED) is 0.795. The van der Waals surface area contributed by atoms with Crippen LogP contribution >= 0.6 is 0 Å². The molecular formula is C13H11F2N5. The van der Waals surface area contributed by atoms with E-state index in [4.69, 9.17) is 0 Å². The maximum Gasteiger partial charge on any atom is 0.299 e. The second kappa shape index (κ2) is 5.20. The molecule has 20 heavy (non-hydrogen) atoms. The van der Waals surface area contributed by atoms with Crippen molar-refractivity contribution in [3.63, 3.8) is 0 Å². The van der Waals surface area contributed by atoms with Gasteiger partial charge in [0.25, 0.3) is 6.43 Å². The first kappa shape index (κ1) is 12.5. The SMILES string of the molecule is FC(F)c1nnc2ccc(NCc3ccccc3)nn12. The zero-order chi connectivity index (χ0) is 13.9. The zero-order valence-corrected chi connectivity index (χ0v) is 10.4. The second-order valence-corrected chi connectivity index (χ2v) is 4.19. The summed E-state index contributed by atoms with van der Waals surface area (Å²) in [6.07, 6.45) is -2.71. The smallest absolute Gasteiger partial charge is 0.299 e. The highest BCUT2D eigenvalue weighted by molar-refractivity contribution is 5.44. The number of rotatable bonds is 4. The first-order valence-corrected chi connectivity index (χ1v) is 6.02. The van der Waals surface area contributed by atoms with Crippen LogP contribution in [-0.2, 0) is 6.54 Å². The van der Waals surface area contributed by atoms with Crippen LogP contribution in [-0.4, -0.2) is 19.8 Å². The number of nitrogens with one attached hydrogen (secondary N) is 1. The Morgan fingerprint density at radius 3 is 2.60 bits per heavy atom. The van der Waals surface area contributed by atoms with E-state index >= 15 is 0 Å². The Morgan fingerprint density at radius 1 is 1.05 bits per heavy atom.